The molecule has 0 bridgehead atoms. The Balaban J connectivity index is 1.96. The molecule has 1 N–H and O–H groups in total. The maximum atomic E-state index is 13.6. The van der Waals surface area contributed by atoms with E-state index in [9.17, 15) is 14.0 Å². The molecule has 0 fully saturated rings. The largest absolute Gasteiger partial charge is 0.355 e. The predicted octanol–water partition coefficient (Wildman–Crippen LogP) is 4.76. The third-order valence-corrected chi connectivity index (χ3v) is 5.53. The third kappa shape index (κ3) is 7.01. The molecule has 0 aliphatic heterocycles. The second-order valence-corrected chi connectivity index (χ2v) is 8.42. The van der Waals surface area contributed by atoms with E-state index in [2.05, 4.69) is 11.4 Å². The fourth-order valence-electron chi connectivity index (χ4n) is 4.08. The van der Waals surface area contributed by atoms with E-state index >= 15 is 0 Å². The van der Waals surface area contributed by atoms with Gasteiger partial charge in [-0.1, -0.05) is 71.8 Å². The Morgan fingerprint density at radius 3 is 2.12 bits per heavy atom. The number of hydrogen-bond donors (Lipinski definition) is 1. The minimum Gasteiger partial charge on any atom is -0.355 e. The molecule has 4 nitrogen and oxygen atoms in total. The summed E-state index contributed by atoms with van der Waals surface area (Å²) in [6.45, 7) is 6.56. The van der Waals surface area contributed by atoms with Gasteiger partial charge in [0, 0.05) is 19.5 Å². The van der Waals surface area contributed by atoms with Gasteiger partial charge in [0.2, 0.25) is 11.8 Å². The number of likely N-dealkylation sites (N-methyl/N-ethyl adjacent to an activating group) is 1. The van der Waals surface area contributed by atoms with E-state index in [0.717, 1.165) is 27.8 Å². The second kappa shape index (κ2) is 11.4. The Morgan fingerprint density at radius 1 is 0.879 bits per heavy atom. The zero-order valence-corrected chi connectivity index (χ0v) is 19.5. The number of nitrogens with zero attached hydrogens (tertiary/aromatic N) is 1. The summed E-state index contributed by atoms with van der Waals surface area (Å²) in [7, 11) is 0. The predicted molar refractivity (Wildman–Crippen MR) is 129 cm³/mol. The maximum Gasteiger partial charge on any atom is 0.243 e. The number of amides is 2. The summed E-state index contributed by atoms with van der Waals surface area (Å²) in [5.41, 5.74) is 4.83. The van der Waals surface area contributed by atoms with Crippen LogP contribution in [0.15, 0.2) is 72.8 Å². The molecular weight excluding hydrogens is 415 g/mol. The number of carbonyl (C=O) groups is 2. The van der Waals surface area contributed by atoms with Gasteiger partial charge in [-0.3, -0.25) is 9.59 Å². The van der Waals surface area contributed by atoms with Crippen molar-refractivity contribution in [1.29, 1.82) is 0 Å². The van der Waals surface area contributed by atoms with Crippen LogP contribution < -0.4 is 5.32 Å². The molecule has 172 valence electrons. The summed E-state index contributed by atoms with van der Waals surface area (Å²) in [5, 5.41) is 2.89. The van der Waals surface area contributed by atoms with E-state index in [0.29, 0.717) is 13.0 Å². The molecule has 0 unspecified atom stereocenters. The quantitative estimate of drug-likeness (QED) is 0.515. The summed E-state index contributed by atoms with van der Waals surface area (Å²) in [6.07, 6.45) is 0.584. The van der Waals surface area contributed by atoms with Gasteiger partial charge in [-0.15, -0.1) is 0 Å². The zero-order chi connectivity index (χ0) is 23.8. The van der Waals surface area contributed by atoms with Crippen LogP contribution in [0.4, 0.5) is 4.39 Å². The number of benzene rings is 3. The topological polar surface area (TPSA) is 49.4 Å². The van der Waals surface area contributed by atoms with Gasteiger partial charge in [-0.25, -0.2) is 4.39 Å². The molecule has 0 aromatic heterocycles. The summed E-state index contributed by atoms with van der Waals surface area (Å²) < 4.78 is 13.5. The van der Waals surface area contributed by atoms with Crippen molar-refractivity contribution in [2.24, 2.45) is 0 Å². The molecule has 2 amide bonds. The first-order valence-corrected chi connectivity index (χ1v) is 11.3. The van der Waals surface area contributed by atoms with Crippen molar-refractivity contribution in [3.63, 3.8) is 0 Å². The Morgan fingerprint density at radius 2 is 1.52 bits per heavy atom. The van der Waals surface area contributed by atoms with Crippen molar-refractivity contribution in [1.82, 2.24) is 10.2 Å². The Bertz CT molecular complexity index is 1060. The molecule has 3 aromatic rings. The Hall–Kier alpha value is -3.47. The standard InChI is InChI=1S/C28H31FN2O2/c1-4-30-28(33)26(17-22-8-6-5-7-9-22)31(19-23-10-12-25(29)13-11-23)27(32)18-24-15-20(2)14-21(3)16-24/h5-16,26H,4,17-19H2,1-3H3,(H,30,33)/t26-/m1/s1. The molecule has 5 heteroatoms. The van der Waals surface area contributed by atoms with Crippen molar-refractivity contribution in [3.05, 3.63) is 106 Å². The first-order valence-electron chi connectivity index (χ1n) is 11.3. The van der Waals surface area contributed by atoms with Gasteiger partial charge >= 0.3 is 0 Å². The number of nitrogens with one attached hydrogen (secondary N) is 1. The lowest BCUT2D eigenvalue weighted by Crippen LogP contribution is -2.50. The molecule has 0 saturated carbocycles. The van der Waals surface area contributed by atoms with E-state index in [1.165, 1.54) is 12.1 Å². The van der Waals surface area contributed by atoms with Crippen LogP contribution in [0.25, 0.3) is 0 Å². The van der Waals surface area contributed by atoms with Gasteiger partial charge in [0.1, 0.15) is 11.9 Å². The number of halogens is 1. The molecule has 0 saturated heterocycles. The Labute approximate surface area is 195 Å². The molecule has 0 heterocycles. The molecular formula is C28H31FN2O2. The molecule has 33 heavy (non-hydrogen) atoms. The molecule has 0 aliphatic rings. The highest BCUT2D eigenvalue weighted by molar-refractivity contribution is 5.88. The monoisotopic (exact) mass is 446 g/mol. The zero-order valence-electron chi connectivity index (χ0n) is 19.5. The SMILES string of the molecule is CCNC(=O)[C@@H](Cc1ccccc1)N(Cc1ccc(F)cc1)C(=O)Cc1cc(C)cc(C)c1. The number of aryl methyl sites for hydroxylation is 2. The van der Waals surface area contributed by atoms with Crippen molar-refractivity contribution in [2.75, 3.05) is 6.54 Å². The molecule has 1 atom stereocenters. The van der Waals surface area contributed by atoms with Gasteiger partial charge in [0.15, 0.2) is 0 Å². The van der Waals surface area contributed by atoms with Crippen molar-refractivity contribution in [2.45, 2.75) is 46.2 Å². The summed E-state index contributed by atoms with van der Waals surface area (Å²) >= 11 is 0. The van der Waals surface area contributed by atoms with E-state index in [4.69, 9.17) is 0 Å². The minimum absolute atomic E-state index is 0.142. The smallest absolute Gasteiger partial charge is 0.243 e. The van der Waals surface area contributed by atoms with Crippen LogP contribution in [-0.2, 0) is 29.0 Å². The highest BCUT2D eigenvalue weighted by atomic mass is 19.1. The van der Waals surface area contributed by atoms with Gasteiger partial charge in [-0.05, 0) is 49.6 Å². The van der Waals surface area contributed by atoms with Gasteiger partial charge in [0.05, 0.1) is 6.42 Å². The normalized spacial score (nSPS) is 11.6. The minimum atomic E-state index is -0.684. The second-order valence-electron chi connectivity index (χ2n) is 8.42. The number of carbonyl (C=O) groups excluding carboxylic acids is 2. The highest BCUT2D eigenvalue weighted by Crippen LogP contribution is 2.18. The molecule has 0 aliphatic carbocycles. The average molecular weight is 447 g/mol. The molecule has 0 spiro atoms. The van der Waals surface area contributed by atoms with Crippen LogP contribution in [0.2, 0.25) is 0 Å². The fraction of sp³-hybridized carbons (Fsp3) is 0.286. The Kier molecular flexibility index (Phi) is 8.36. The van der Waals surface area contributed by atoms with Crippen LogP contribution in [0.5, 0.6) is 0 Å². The molecule has 3 rings (SSSR count). The maximum absolute atomic E-state index is 13.6. The summed E-state index contributed by atoms with van der Waals surface area (Å²) in [5.74, 6) is -0.676. The first-order chi connectivity index (χ1) is 15.9. The highest BCUT2D eigenvalue weighted by Gasteiger charge is 2.30. The molecule has 0 radical (unpaired) electrons. The van der Waals surface area contributed by atoms with Gasteiger partial charge in [-0.2, -0.15) is 0 Å². The third-order valence-electron chi connectivity index (χ3n) is 5.53. The van der Waals surface area contributed by atoms with E-state index < -0.39 is 6.04 Å². The number of rotatable bonds is 9. The fourth-order valence-corrected chi connectivity index (χ4v) is 4.08. The van der Waals surface area contributed by atoms with Gasteiger partial charge < -0.3 is 10.2 Å². The van der Waals surface area contributed by atoms with Crippen LogP contribution in [0.1, 0.15) is 34.7 Å². The van der Waals surface area contributed by atoms with Crippen molar-refractivity contribution in [3.8, 4) is 0 Å². The lowest BCUT2D eigenvalue weighted by Gasteiger charge is -2.31. The van der Waals surface area contributed by atoms with E-state index in [-0.39, 0.29) is 30.6 Å². The molecule has 3 aromatic carbocycles. The lowest BCUT2D eigenvalue weighted by atomic mass is 10.0. The van der Waals surface area contributed by atoms with Crippen LogP contribution >= 0.6 is 0 Å². The summed E-state index contributed by atoms with van der Waals surface area (Å²) in [4.78, 5) is 28.4. The lowest BCUT2D eigenvalue weighted by molar-refractivity contribution is -0.140. The van der Waals surface area contributed by atoms with Crippen LogP contribution in [0, 0.1) is 19.7 Å². The van der Waals surface area contributed by atoms with E-state index in [1.807, 2.05) is 63.2 Å². The number of hydrogen-bond acceptors (Lipinski definition) is 2. The van der Waals surface area contributed by atoms with Crippen molar-refractivity contribution >= 4 is 11.8 Å². The van der Waals surface area contributed by atoms with E-state index in [1.54, 1.807) is 17.0 Å². The average Bonchev–Trinajstić information content (AvgIpc) is 2.77. The van der Waals surface area contributed by atoms with Crippen LogP contribution in [-0.4, -0.2) is 29.3 Å². The van der Waals surface area contributed by atoms with Gasteiger partial charge in [0.25, 0.3) is 0 Å². The van der Waals surface area contributed by atoms with Crippen molar-refractivity contribution < 1.29 is 14.0 Å². The van der Waals surface area contributed by atoms with Crippen LogP contribution in [0.3, 0.4) is 0 Å². The summed E-state index contributed by atoms with van der Waals surface area (Å²) in [6, 6.07) is 21.1. The first kappa shape index (κ1) is 24.2.